The summed E-state index contributed by atoms with van der Waals surface area (Å²) in [7, 11) is 0. The van der Waals surface area contributed by atoms with Crippen LogP contribution in [-0.2, 0) is 16.0 Å². The van der Waals surface area contributed by atoms with E-state index in [4.69, 9.17) is 27.9 Å². The molecule has 2 amide bonds. The number of carbonyl (C=O) groups is 2. The van der Waals surface area contributed by atoms with E-state index in [0.29, 0.717) is 29.6 Å². The maximum Gasteiger partial charge on any atom is 0.410 e. The molecule has 0 N–H and O–H groups in total. The van der Waals surface area contributed by atoms with E-state index in [2.05, 4.69) is 0 Å². The molecule has 28 heavy (non-hydrogen) atoms. The normalized spacial score (nSPS) is 24.9. The van der Waals surface area contributed by atoms with Gasteiger partial charge in [-0.05, 0) is 70.7 Å². The van der Waals surface area contributed by atoms with Gasteiger partial charge in [0.05, 0.1) is 12.0 Å². The Bertz CT molecular complexity index is 791. The molecular weight excluding hydrogens is 399 g/mol. The summed E-state index contributed by atoms with van der Waals surface area (Å²) in [6.45, 7) is 10.5. The third kappa shape index (κ3) is 4.25. The highest BCUT2D eigenvalue weighted by atomic mass is 35.5. The number of carbonyl (C=O) groups excluding carboxylic acids is 2. The smallest absolute Gasteiger partial charge is 0.410 e. The van der Waals surface area contributed by atoms with Crippen molar-refractivity contribution in [1.82, 2.24) is 9.80 Å². The van der Waals surface area contributed by atoms with Gasteiger partial charge in [-0.3, -0.25) is 4.79 Å². The quantitative estimate of drug-likeness (QED) is 0.628. The van der Waals surface area contributed by atoms with Gasteiger partial charge in [-0.2, -0.15) is 0 Å². The summed E-state index contributed by atoms with van der Waals surface area (Å²) in [6, 6.07) is 3.52. The highest BCUT2D eigenvalue weighted by Gasteiger charge is 2.41. The molecule has 5 nitrogen and oxygen atoms in total. The third-order valence-corrected chi connectivity index (χ3v) is 6.05. The molecule has 0 bridgehead atoms. The number of ether oxygens (including phenoxy) is 1. The molecule has 1 aromatic rings. The lowest BCUT2D eigenvalue weighted by Crippen LogP contribution is -2.43. The highest BCUT2D eigenvalue weighted by Crippen LogP contribution is 2.38. The van der Waals surface area contributed by atoms with Gasteiger partial charge in [0.25, 0.3) is 0 Å². The predicted molar refractivity (Wildman–Crippen MR) is 111 cm³/mol. The molecule has 0 aliphatic carbocycles. The second-order valence-corrected chi connectivity index (χ2v) is 9.68. The lowest BCUT2D eigenvalue weighted by molar-refractivity contribution is -0.137. The van der Waals surface area contributed by atoms with E-state index in [1.165, 1.54) is 0 Å². The fraction of sp³-hybridized carbons (Fsp3) is 0.619. The molecule has 2 aliphatic heterocycles. The van der Waals surface area contributed by atoms with E-state index in [-0.39, 0.29) is 30.0 Å². The molecule has 0 saturated carbocycles. The first-order chi connectivity index (χ1) is 13.0. The number of hydrogen-bond acceptors (Lipinski definition) is 3. The van der Waals surface area contributed by atoms with Crippen LogP contribution in [0.5, 0.6) is 0 Å². The van der Waals surface area contributed by atoms with Gasteiger partial charge in [0, 0.05) is 29.2 Å². The van der Waals surface area contributed by atoms with Crippen LogP contribution in [0.3, 0.4) is 0 Å². The summed E-state index contributed by atoms with van der Waals surface area (Å²) in [6.07, 6.45) is 1.01. The SMILES string of the molecule is C[C@@H]1CC(C(=O)N2CCc3cc(Cl)cc(Cl)c3[C@@H]2C)CN1C(=O)OC(C)(C)C. The number of benzene rings is 1. The van der Waals surface area contributed by atoms with E-state index >= 15 is 0 Å². The van der Waals surface area contributed by atoms with Crippen LogP contribution in [0.1, 0.15) is 58.2 Å². The zero-order valence-corrected chi connectivity index (χ0v) is 18.6. The van der Waals surface area contributed by atoms with Crippen molar-refractivity contribution < 1.29 is 14.3 Å². The molecule has 7 heteroatoms. The fourth-order valence-corrected chi connectivity index (χ4v) is 4.92. The van der Waals surface area contributed by atoms with Crippen LogP contribution in [0.15, 0.2) is 12.1 Å². The van der Waals surface area contributed by atoms with Gasteiger partial charge in [0.1, 0.15) is 5.60 Å². The number of fused-ring (bicyclic) bond motifs is 1. The molecule has 1 saturated heterocycles. The maximum absolute atomic E-state index is 13.3. The van der Waals surface area contributed by atoms with Gasteiger partial charge < -0.3 is 14.5 Å². The molecule has 1 aromatic carbocycles. The molecule has 1 unspecified atom stereocenters. The number of rotatable bonds is 1. The minimum Gasteiger partial charge on any atom is -0.444 e. The Morgan fingerprint density at radius 2 is 1.82 bits per heavy atom. The molecule has 0 spiro atoms. The summed E-state index contributed by atoms with van der Waals surface area (Å²) in [5.74, 6) is -0.153. The van der Waals surface area contributed by atoms with Crippen LogP contribution in [-0.4, -0.2) is 46.5 Å². The molecule has 2 heterocycles. The number of amides is 2. The van der Waals surface area contributed by atoms with Crippen LogP contribution in [0.2, 0.25) is 10.0 Å². The fourth-order valence-electron chi connectivity index (χ4n) is 4.22. The van der Waals surface area contributed by atoms with E-state index in [1.807, 2.05) is 45.6 Å². The zero-order chi connectivity index (χ0) is 20.8. The van der Waals surface area contributed by atoms with Crippen LogP contribution >= 0.6 is 23.2 Å². The van der Waals surface area contributed by atoms with Crippen molar-refractivity contribution in [2.24, 2.45) is 5.92 Å². The lowest BCUT2D eigenvalue weighted by Gasteiger charge is -2.37. The summed E-state index contributed by atoms with van der Waals surface area (Å²) < 4.78 is 5.49. The summed E-state index contributed by atoms with van der Waals surface area (Å²) in [5.41, 5.74) is 1.52. The topological polar surface area (TPSA) is 49.9 Å². The van der Waals surface area contributed by atoms with Gasteiger partial charge in [-0.15, -0.1) is 0 Å². The first-order valence-corrected chi connectivity index (χ1v) is 10.5. The molecule has 154 valence electrons. The minimum atomic E-state index is -0.554. The Hall–Kier alpha value is -1.46. The average molecular weight is 427 g/mol. The van der Waals surface area contributed by atoms with Crippen molar-refractivity contribution in [2.75, 3.05) is 13.1 Å². The molecule has 2 aliphatic rings. The summed E-state index contributed by atoms with van der Waals surface area (Å²) in [5, 5.41) is 1.22. The van der Waals surface area contributed by atoms with E-state index in [0.717, 1.165) is 17.5 Å². The molecule has 1 fully saturated rings. The van der Waals surface area contributed by atoms with Gasteiger partial charge in [0.2, 0.25) is 5.91 Å². The Balaban J connectivity index is 1.73. The Morgan fingerprint density at radius 1 is 1.14 bits per heavy atom. The first kappa shape index (κ1) is 21.3. The van der Waals surface area contributed by atoms with Crippen molar-refractivity contribution >= 4 is 35.2 Å². The second kappa shape index (κ2) is 7.75. The lowest BCUT2D eigenvalue weighted by atomic mass is 9.92. The van der Waals surface area contributed by atoms with Gasteiger partial charge in [-0.25, -0.2) is 4.79 Å². The van der Waals surface area contributed by atoms with Crippen molar-refractivity contribution in [3.05, 3.63) is 33.3 Å². The number of likely N-dealkylation sites (tertiary alicyclic amines) is 1. The van der Waals surface area contributed by atoms with Crippen molar-refractivity contribution in [3.8, 4) is 0 Å². The standard InChI is InChI=1S/C21H28Cl2N2O3/c1-12-8-15(11-25(12)20(27)28-21(3,4)5)19(26)24-7-6-14-9-16(22)10-17(23)18(14)13(24)2/h9-10,12-13,15H,6-8,11H2,1-5H3/t12-,13+,15?/m1/s1. The monoisotopic (exact) mass is 426 g/mol. The molecule has 3 atom stereocenters. The van der Waals surface area contributed by atoms with E-state index in [9.17, 15) is 9.59 Å². The predicted octanol–water partition coefficient (Wildman–Crippen LogP) is 5.08. The summed E-state index contributed by atoms with van der Waals surface area (Å²) in [4.78, 5) is 29.3. The molecule has 0 radical (unpaired) electrons. The van der Waals surface area contributed by atoms with Gasteiger partial charge in [0.15, 0.2) is 0 Å². The van der Waals surface area contributed by atoms with Crippen molar-refractivity contribution in [1.29, 1.82) is 0 Å². The highest BCUT2D eigenvalue weighted by molar-refractivity contribution is 6.35. The largest absolute Gasteiger partial charge is 0.444 e. The Kier molecular flexibility index (Phi) is 5.88. The number of hydrogen-bond donors (Lipinski definition) is 0. The van der Waals surface area contributed by atoms with Crippen LogP contribution in [0, 0.1) is 5.92 Å². The second-order valence-electron chi connectivity index (χ2n) is 8.83. The zero-order valence-electron chi connectivity index (χ0n) is 17.1. The Morgan fingerprint density at radius 3 is 2.46 bits per heavy atom. The van der Waals surface area contributed by atoms with Crippen LogP contribution < -0.4 is 0 Å². The Labute approximate surface area is 176 Å². The molecular formula is C21H28Cl2N2O3. The van der Waals surface area contributed by atoms with Crippen LogP contribution in [0.4, 0.5) is 4.79 Å². The molecule has 3 rings (SSSR count). The van der Waals surface area contributed by atoms with Gasteiger partial charge >= 0.3 is 6.09 Å². The minimum absolute atomic E-state index is 0.0291. The van der Waals surface area contributed by atoms with Crippen molar-refractivity contribution in [2.45, 2.75) is 65.1 Å². The molecule has 0 aromatic heterocycles. The maximum atomic E-state index is 13.3. The third-order valence-electron chi connectivity index (χ3n) is 5.52. The average Bonchev–Trinajstić information content (AvgIpc) is 2.94. The van der Waals surface area contributed by atoms with Crippen LogP contribution in [0.25, 0.3) is 0 Å². The number of nitrogens with zero attached hydrogens (tertiary/aromatic N) is 2. The first-order valence-electron chi connectivity index (χ1n) is 9.76. The van der Waals surface area contributed by atoms with Gasteiger partial charge in [-0.1, -0.05) is 23.2 Å². The number of halogens is 2. The van der Waals surface area contributed by atoms with Crippen molar-refractivity contribution in [3.63, 3.8) is 0 Å². The van der Waals surface area contributed by atoms with E-state index in [1.54, 1.807) is 11.0 Å². The summed E-state index contributed by atoms with van der Waals surface area (Å²) >= 11 is 12.6. The van der Waals surface area contributed by atoms with E-state index < -0.39 is 5.60 Å².